The standard InChI is InChI=1S/C9H12ClF2NO/c1-4(10)8(14)13-5-2-6-7(3-5)9(6,11)12/h4-7H,2-3H2,1H3,(H,13,14). The van der Waals surface area contributed by atoms with Crippen molar-refractivity contribution in [3.63, 3.8) is 0 Å². The van der Waals surface area contributed by atoms with Crippen LogP contribution in [0.5, 0.6) is 0 Å². The molecule has 2 aliphatic rings. The summed E-state index contributed by atoms with van der Waals surface area (Å²) in [5, 5.41) is 2.08. The first-order chi connectivity index (χ1) is 6.43. The number of hydrogen-bond acceptors (Lipinski definition) is 1. The lowest BCUT2D eigenvalue weighted by molar-refractivity contribution is -0.121. The fourth-order valence-electron chi connectivity index (χ4n) is 2.25. The molecule has 0 bridgehead atoms. The van der Waals surface area contributed by atoms with Crippen LogP contribution in [0.3, 0.4) is 0 Å². The molecule has 2 nitrogen and oxygen atoms in total. The minimum absolute atomic E-state index is 0.0988. The molecule has 0 saturated heterocycles. The molecule has 5 heteroatoms. The Bertz CT molecular complexity index is 256. The Labute approximate surface area is 86.0 Å². The lowest BCUT2D eigenvalue weighted by Crippen LogP contribution is -2.38. The molecule has 0 spiro atoms. The molecule has 1 N–H and O–H groups in total. The number of alkyl halides is 3. The predicted molar refractivity (Wildman–Crippen MR) is 48.4 cm³/mol. The third kappa shape index (κ3) is 1.49. The molecule has 2 fully saturated rings. The summed E-state index contributed by atoms with van der Waals surface area (Å²) in [5.41, 5.74) is 0. The van der Waals surface area contributed by atoms with Crippen molar-refractivity contribution in [2.75, 3.05) is 0 Å². The van der Waals surface area contributed by atoms with E-state index in [2.05, 4.69) is 5.32 Å². The number of rotatable bonds is 2. The number of amides is 1. The average Bonchev–Trinajstić information content (AvgIpc) is 2.51. The van der Waals surface area contributed by atoms with Crippen LogP contribution >= 0.6 is 11.6 Å². The third-order valence-corrected chi connectivity index (χ3v) is 3.35. The lowest BCUT2D eigenvalue weighted by atomic mass is 10.1. The Balaban J connectivity index is 1.81. The molecule has 2 rings (SSSR count). The van der Waals surface area contributed by atoms with Gasteiger partial charge in [-0.1, -0.05) is 0 Å². The molecular formula is C9H12ClF2NO. The number of carbonyl (C=O) groups is 1. The van der Waals surface area contributed by atoms with Crippen molar-refractivity contribution in [1.82, 2.24) is 5.32 Å². The number of carbonyl (C=O) groups excluding carboxylic acids is 1. The highest BCUT2D eigenvalue weighted by Crippen LogP contribution is 2.63. The molecule has 0 aromatic heterocycles. The topological polar surface area (TPSA) is 29.1 Å². The summed E-state index contributed by atoms with van der Waals surface area (Å²) >= 11 is 5.55. The van der Waals surface area contributed by atoms with Crippen LogP contribution in [0.25, 0.3) is 0 Å². The van der Waals surface area contributed by atoms with Crippen LogP contribution in [0, 0.1) is 11.8 Å². The van der Waals surface area contributed by atoms with Crippen LogP contribution in [0.1, 0.15) is 19.8 Å². The van der Waals surface area contributed by atoms with E-state index < -0.39 is 23.1 Å². The normalized spacial score (nSPS) is 40.1. The Morgan fingerprint density at radius 2 is 2.00 bits per heavy atom. The van der Waals surface area contributed by atoms with Crippen molar-refractivity contribution in [2.24, 2.45) is 11.8 Å². The minimum Gasteiger partial charge on any atom is -0.352 e. The average molecular weight is 224 g/mol. The van der Waals surface area contributed by atoms with Gasteiger partial charge in [0, 0.05) is 17.9 Å². The molecule has 3 unspecified atom stereocenters. The van der Waals surface area contributed by atoms with E-state index in [9.17, 15) is 13.6 Å². The second-order valence-electron chi connectivity index (χ2n) is 4.18. The molecular weight excluding hydrogens is 212 g/mol. The Kier molecular flexibility index (Phi) is 2.21. The van der Waals surface area contributed by atoms with Crippen molar-refractivity contribution in [1.29, 1.82) is 0 Å². The first-order valence-corrected chi connectivity index (χ1v) is 5.19. The van der Waals surface area contributed by atoms with Crippen molar-refractivity contribution < 1.29 is 13.6 Å². The Morgan fingerprint density at radius 3 is 2.43 bits per heavy atom. The molecule has 0 aromatic rings. The van der Waals surface area contributed by atoms with E-state index >= 15 is 0 Å². The molecule has 3 atom stereocenters. The summed E-state index contributed by atoms with van der Waals surface area (Å²) in [6.45, 7) is 1.57. The number of hydrogen-bond donors (Lipinski definition) is 1. The van der Waals surface area contributed by atoms with Gasteiger partial charge in [-0.25, -0.2) is 8.78 Å². The zero-order chi connectivity index (χ0) is 10.5. The van der Waals surface area contributed by atoms with Gasteiger partial charge in [-0.2, -0.15) is 0 Å². The van der Waals surface area contributed by atoms with Crippen molar-refractivity contribution in [2.45, 2.75) is 37.1 Å². The monoisotopic (exact) mass is 223 g/mol. The van der Waals surface area contributed by atoms with Gasteiger partial charge in [-0.3, -0.25) is 4.79 Å². The second-order valence-corrected chi connectivity index (χ2v) is 4.84. The van der Waals surface area contributed by atoms with Crippen LogP contribution in [0.4, 0.5) is 8.78 Å². The van der Waals surface area contributed by atoms with E-state index in [-0.39, 0.29) is 11.9 Å². The first-order valence-electron chi connectivity index (χ1n) is 4.75. The maximum atomic E-state index is 12.8. The molecule has 0 aliphatic heterocycles. The Hall–Kier alpha value is -0.380. The fourth-order valence-corrected chi connectivity index (χ4v) is 2.31. The van der Waals surface area contributed by atoms with Gasteiger partial charge in [0.25, 0.3) is 5.92 Å². The highest BCUT2D eigenvalue weighted by atomic mass is 35.5. The van der Waals surface area contributed by atoms with Crippen molar-refractivity contribution in [3.05, 3.63) is 0 Å². The van der Waals surface area contributed by atoms with E-state index in [0.29, 0.717) is 12.8 Å². The summed E-state index contributed by atoms with van der Waals surface area (Å²) in [6.07, 6.45) is 0.792. The zero-order valence-electron chi connectivity index (χ0n) is 7.77. The van der Waals surface area contributed by atoms with E-state index in [0.717, 1.165) is 0 Å². The van der Waals surface area contributed by atoms with Gasteiger partial charge in [0.2, 0.25) is 5.91 Å². The van der Waals surface area contributed by atoms with Crippen LogP contribution in [0.2, 0.25) is 0 Å². The highest BCUT2D eigenvalue weighted by Gasteiger charge is 2.71. The smallest absolute Gasteiger partial charge is 0.254 e. The summed E-state index contributed by atoms with van der Waals surface area (Å²) in [6, 6.07) is -0.0988. The zero-order valence-corrected chi connectivity index (χ0v) is 8.52. The highest BCUT2D eigenvalue weighted by molar-refractivity contribution is 6.30. The lowest BCUT2D eigenvalue weighted by Gasteiger charge is -2.16. The van der Waals surface area contributed by atoms with Crippen molar-refractivity contribution in [3.8, 4) is 0 Å². The van der Waals surface area contributed by atoms with Gasteiger partial charge in [-0.15, -0.1) is 11.6 Å². The molecule has 2 aliphatic carbocycles. The summed E-state index contributed by atoms with van der Waals surface area (Å²) in [4.78, 5) is 11.2. The molecule has 2 saturated carbocycles. The molecule has 80 valence electrons. The number of halogens is 3. The van der Waals surface area contributed by atoms with Crippen molar-refractivity contribution >= 4 is 17.5 Å². The second kappa shape index (κ2) is 3.05. The van der Waals surface area contributed by atoms with E-state index in [1.807, 2.05) is 0 Å². The Morgan fingerprint density at radius 1 is 1.50 bits per heavy atom. The van der Waals surface area contributed by atoms with Gasteiger partial charge >= 0.3 is 0 Å². The summed E-state index contributed by atoms with van der Waals surface area (Å²) in [7, 11) is 0. The molecule has 0 radical (unpaired) electrons. The summed E-state index contributed by atoms with van der Waals surface area (Å²) < 4.78 is 25.5. The molecule has 0 heterocycles. The molecule has 1 amide bonds. The minimum atomic E-state index is -2.46. The number of nitrogens with one attached hydrogen (secondary N) is 1. The maximum Gasteiger partial charge on any atom is 0.254 e. The first kappa shape index (κ1) is 10.1. The SMILES string of the molecule is CC(Cl)C(=O)NC1CC2C(C1)C2(F)F. The molecule has 14 heavy (non-hydrogen) atoms. The largest absolute Gasteiger partial charge is 0.352 e. The fraction of sp³-hybridized carbons (Fsp3) is 0.889. The van der Waals surface area contributed by atoms with Gasteiger partial charge in [-0.05, 0) is 19.8 Å². The third-order valence-electron chi connectivity index (χ3n) is 3.15. The predicted octanol–water partition coefficient (Wildman–Crippen LogP) is 1.77. The van der Waals surface area contributed by atoms with Crippen LogP contribution in [-0.4, -0.2) is 23.2 Å². The quantitative estimate of drug-likeness (QED) is 0.711. The van der Waals surface area contributed by atoms with Gasteiger partial charge in [0.15, 0.2) is 0 Å². The van der Waals surface area contributed by atoms with Crippen LogP contribution in [0.15, 0.2) is 0 Å². The maximum absolute atomic E-state index is 12.8. The van der Waals surface area contributed by atoms with Gasteiger partial charge in [0.1, 0.15) is 5.38 Å². The van der Waals surface area contributed by atoms with E-state index in [4.69, 9.17) is 11.6 Å². The summed E-state index contributed by atoms with van der Waals surface area (Å²) in [5.74, 6) is -3.73. The molecule has 0 aromatic carbocycles. The van der Waals surface area contributed by atoms with Gasteiger partial charge < -0.3 is 5.32 Å². The van der Waals surface area contributed by atoms with E-state index in [1.54, 1.807) is 6.92 Å². The van der Waals surface area contributed by atoms with Crippen LogP contribution in [-0.2, 0) is 4.79 Å². The number of fused-ring (bicyclic) bond motifs is 1. The van der Waals surface area contributed by atoms with Crippen LogP contribution < -0.4 is 5.32 Å². The van der Waals surface area contributed by atoms with Gasteiger partial charge in [0.05, 0.1) is 0 Å². The van der Waals surface area contributed by atoms with E-state index in [1.165, 1.54) is 0 Å².